The minimum absolute atomic E-state index is 0.106. The fraction of sp³-hybridized carbons (Fsp3) is 0.0455. The second kappa shape index (κ2) is 7.59. The predicted octanol–water partition coefficient (Wildman–Crippen LogP) is 3.62. The molecule has 1 saturated heterocycles. The van der Waals surface area contributed by atoms with E-state index < -0.39 is 22.7 Å². The van der Waals surface area contributed by atoms with E-state index in [1.165, 1.54) is 35.4 Å². The number of non-ortho nitro benzene ring substituents is 1. The first-order valence-electron chi connectivity index (χ1n) is 9.01. The van der Waals surface area contributed by atoms with Crippen LogP contribution in [0.5, 0.6) is 0 Å². The largest absolute Gasteiger partial charge is 0.507 e. The molecule has 1 atom stereocenters. The Bertz CT molecular complexity index is 1160. The molecule has 1 amide bonds. The van der Waals surface area contributed by atoms with Crippen molar-refractivity contribution in [3.05, 3.63) is 106 Å². The minimum atomic E-state index is -0.985. The molecule has 0 saturated carbocycles. The van der Waals surface area contributed by atoms with E-state index in [1.807, 2.05) is 0 Å². The maximum atomic E-state index is 12.9. The first kappa shape index (κ1) is 19.0. The normalized spacial score (nSPS) is 17.9. The van der Waals surface area contributed by atoms with Crippen LogP contribution >= 0.6 is 0 Å². The highest BCUT2D eigenvalue weighted by Gasteiger charge is 2.47. The summed E-state index contributed by atoms with van der Waals surface area (Å²) in [5.74, 6) is -1.79. The Morgan fingerprint density at radius 1 is 0.967 bits per heavy atom. The number of hydrogen-bond donors (Lipinski definition) is 1. The molecule has 1 aromatic heterocycles. The summed E-state index contributed by atoms with van der Waals surface area (Å²) in [6.07, 6.45) is 1.48. The van der Waals surface area contributed by atoms with Gasteiger partial charge in [-0.25, -0.2) is 4.98 Å². The summed E-state index contributed by atoms with van der Waals surface area (Å²) in [6, 6.07) is 17.8. The molecule has 3 aromatic rings. The average Bonchev–Trinajstić information content (AvgIpc) is 3.05. The van der Waals surface area contributed by atoms with Crippen molar-refractivity contribution in [2.24, 2.45) is 0 Å². The number of benzene rings is 2. The molecule has 1 unspecified atom stereocenters. The number of Topliss-reactive ketones (excluding diaryl/α,β-unsaturated/α-hetero) is 1. The SMILES string of the molecule is O=C1C(=O)N(c2ccccn2)C(c2ccc([N+](=O)[O-])cc2)/C1=C(/O)c1ccccc1. The maximum absolute atomic E-state index is 12.9. The van der Waals surface area contributed by atoms with Gasteiger partial charge in [0.25, 0.3) is 11.5 Å². The lowest BCUT2D eigenvalue weighted by Gasteiger charge is -2.24. The van der Waals surface area contributed by atoms with Crippen molar-refractivity contribution in [3.8, 4) is 0 Å². The second-order valence-electron chi connectivity index (χ2n) is 6.57. The molecule has 1 fully saturated rings. The van der Waals surface area contributed by atoms with Gasteiger partial charge in [0.2, 0.25) is 0 Å². The van der Waals surface area contributed by atoms with Crippen molar-refractivity contribution in [2.75, 3.05) is 4.90 Å². The molecule has 2 aromatic carbocycles. The first-order chi connectivity index (χ1) is 14.5. The highest BCUT2D eigenvalue weighted by atomic mass is 16.6. The molecule has 1 N–H and O–H groups in total. The van der Waals surface area contributed by atoms with E-state index in [0.29, 0.717) is 11.1 Å². The third-order valence-electron chi connectivity index (χ3n) is 4.81. The van der Waals surface area contributed by atoms with Crippen LogP contribution in [-0.4, -0.2) is 26.7 Å². The van der Waals surface area contributed by atoms with Crippen molar-refractivity contribution in [3.63, 3.8) is 0 Å². The smallest absolute Gasteiger partial charge is 0.301 e. The lowest BCUT2D eigenvalue weighted by atomic mass is 9.95. The van der Waals surface area contributed by atoms with E-state index in [-0.39, 0.29) is 22.8 Å². The van der Waals surface area contributed by atoms with Gasteiger partial charge in [0.1, 0.15) is 11.6 Å². The van der Waals surface area contributed by atoms with Gasteiger partial charge in [-0.3, -0.25) is 24.6 Å². The number of aliphatic hydroxyl groups excluding tert-OH is 1. The molecule has 0 spiro atoms. The zero-order valence-electron chi connectivity index (χ0n) is 15.5. The summed E-state index contributed by atoms with van der Waals surface area (Å²) in [5, 5.41) is 21.9. The van der Waals surface area contributed by atoms with Crippen molar-refractivity contribution in [1.29, 1.82) is 0 Å². The predicted molar refractivity (Wildman–Crippen MR) is 109 cm³/mol. The molecule has 1 aliphatic rings. The van der Waals surface area contributed by atoms with Crippen LogP contribution in [0.2, 0.25) is 0 Å². The third-order valence-corrected chi connectivity index (χ3v) is 4.81. The standard InChI is InChI=1S/C22H15N3O5/c26-20(15-6-2-1-3-7-15)18-19(14-9-11-16(12-10-14)25(29)30)24(22(28)21(18)27)17-8-4-5-13-23-17/h1-13,19,26H/b20-18-. The minimum Gasteiger partial charge on any atom is -0.507 e. The molecule has 0 bridgehead atoms. The molecule has 8 nitrogen and oxygen atoms in total. The molecular weight excluding hydrogens is 386 g/mol. The second-order valence-corrected chi connectivity index (χ2v) is 6.57. The number of rotatable bonds is 4. The summed E-state index contributed by atoms with van der Waals surface area (Å²) in [5.41, 5.74) is 0.577. The van der Waals surface area contributed by atoms with E-state index in [9.17, 15) is 24.8 Å². The van der Waals surface area contributed by atoms with Crippen molar-refractivity contribution >= 4 is 29.0 Å². The monoisotopic (exact) mass is 401 g/mol. The fourth-order valence-corrected chi connectivity index (χ4v) is 3.41. The van der Waals surface area contributed by atoms with Gasteiger partial charge < -0.3 is 5.11 Å². The van der Waals surface area contributed by atoms with Crippen LogP contribution in [0, 0.1) is 10.1 Å². The Hall–Kier alpha value is -4.33. The number of pyridine rings is 1. The van der Waals surface area contributed by atoms with Crippen LogP contribution in [0.4, 0.5) is 11.5 Å². The number of anilines is 1. The molecule has 2 heterocycles. The number of ketones is 1. The van der Waals surface area contributed by atoms with Crippen LogP contribution < -0.4 is 4.90 Å². The van der Waals surface area contributed by atoms with Crippen LogP contribution in [0.1, 0.15) is 17.2 Å². The number of carbonyl (C=O) groups is 2. The van der Waals surface area contributed by atoms with Crippen molar-refractivity contribution < 1.29 is 19.6 Å². The summed E-state index contributed by atoms with van der Waals surface area (Å²) in [7, 11) is 0. The van der Waals surface area contributed by atoms with E-state index in [0.717, 1.165) is 0 Å². The van der Waals surface area contributed by atoms with Gasteiger partial charge in [0, 0.05) is 23.9 Å². The number of carbonyl (C=O) groups excluding carboxylic acids is 2. The van der Waals surface area contributed by atoms with E-state index >= 15 is 0 Å². The Labute approximate surface area is 170 Å². The van der Waals surface area contributed by atoms with E-state index in [2.05, 4.69) is 4.98 Å². The zero-order chi connectivity index (χ0) is 21.3. The summed E-state index contributed by atoms with van der Waals surface area (Å²) >= 11 is 0. The van der Waals surface area contributed by atoms with Gasteiger partial charge >= 0.3 is 5.91 Å². The quantitative estimate of drug-likeness (QED) is 0.235. The fourth-order valence-electron chi connectivity index (χ4n) is 3.41. The summed E-state index contributed by atoms with van der Waals surface area (Å²) in [4.78, 5) is 41.6. The van der Waals surface area contributed by atoms with Crippen LogP contribution in [0.25, 0.3) is 5.76 Å². The Kier molecular flexibility index (Phi) is 4.81. The molecule has 1 aliphatic heterocycles. The Morgan fingerprint density at radius 3 is 2.23 bits per heavy atom. The van der Waals surface area contributed by atoms with E-state index in [1.54, 1.807) is 48.5 Å². The summed E-state index contributed by atoms with van der Waals surface area (Å²) in [6.45, 7) is 0. The Balaban J connectivity index is 1.93. The van der Waals surface area contributed by atoms with Gasteiger partial charge in [-0.2, -0.15) is 0 Å². The maximum Gasteiger partial charge on any atom is 0.301 e. The number of aliphatic hydroxyl groups is 1. The number of amides is 1. The van der Waals surface area contributed by atoms with E-state index in [4.69, 9.17) is 0 Å². The van der Waals surface area contributed by atoms with Gasteiger partial charge in [-0.15, -0.1) is 0 Å². The van der Waals surface area contributed by atoms with Crippen molar-refractivity contribution in [1.82, 2.24) is 4.98 Å². The third kappa shape index (κ3) is 3.20. The van der Waals surface area contributed by atoms with Gasteiger partial charge in [0.05, 0.1) is 16.5 Å². The number of hydrogen-bond acceptors (Lipinski definition) is 6. The highest BCUT2D eigenvalue weighted by molar-refractivity contribution is 6.51. The van der Waals surface area contributed by atoms with Crippen LogP contribution in [0.15, 0.2) is 84.6 Å². The van der Waals surface area contributed by atoms with Crippen molar-refractivity contribution in [2.45, 2.75) is 6.04 Å². The average molecular weight is 401 g/mol. The summed E-state index contributed by atoms with van der Waals surface area (Å²) < 4.78 is 0. The van der Waals surface area contributed by atoms with Gasteiger partial charge in [-0.05, 0) is 29.8 Å². The zero-order valence-corrected chi connectivity index (χ0v) is 15.5. The first-order valence-corrected chi connectivity index (χ1v) is 9.01. The lowest BCUT2D eigenvalue weighted by Crippen LogP contribution is -2.30. The number of nitrogens with zero attached hydrogens (tertiary/aromatic N) is 3. The molecule has 0 aliphatic carbocycles. The number of nitro benzene ring substituents is 1. The van der Waals surface area contributed by atoms with Gasteiger partial charge in [0.15, 0.2) is 0 Å². The van der Waals surface area contributed by atoms with Crippen LogP contribution in [0.3, 0.4) is 0 Å². The molecule has 0 radical (unpaired) electrons. The molecule has 4 rings (SSSR count). The molecule has 148 valence electrons. The molecule has 8 heteroatoms. The topological polar surface area (TPSA) is 114 Å². The van der Waals surface area contributed by atoms with Gasteiger partial charge in [-0.1, -0.05) is 36.4 Å². The molecule has 30 heavy (non-hydrogen) atoms. The lowest BCUT2D eigenvalue weighted by molar-refractivity contribution is -0.384. The molecular formula is C22H15N3O5. The number of aromatic nitrogens is 1. The number of nitro groups is 1. The highest BCUT2D eigenvalue weighted by Crippen LogP contribution is 2.41. The Morgan fingerprint density at radius 2 is 1.63 bits per heavy atom. The van der Waals surface area contributed by atoms with Crippen LogP contribution in [-0.2, 0) is 9.59 Å².